The fourth-order valence-corrected chi connectivity index (χ4v) is 1.26. The summed E-state index contributed by atoms with van der Waals surface area (Å²) in [6, 6.07) is 3.62. The Morgan fingerprint density at radius 3 is 2.06 bits per heavy atom. The predicted octanol–water partition coefficient (Wildman–Crippen LogP) is 0.926. The number of methoxy groups -OCH3 is 2. The van der Waals surface area contributed by atoms with Crippen LogP contribution in [0.5, 0.6) is 0 Å². The molecule has 0 bridgehead atoms. The first-order valence-corrected chi connectivity index (χ1v) is 4.99. The van der Waals surface area contributed by atoms with Gasteiger partial charge >= 0.3 is 11.9 Å². The van der Waals surface area contributed by atoms with Crippen LogP contribution in [0, 0.1) is 28.1 Å². The number of carbonyl (C=O) groups is 2. The van der Waals surface area contributed by atoms with Gasteiger partial charge in [0.25, 0.3) is 0 Å². The minimum Gasteiger partial charge on any atom is -0.469 e. The molecule has 0 N–H and O–H groups in total. The van der Waals surface area contributed by atoms with Crippen molar-refractivity contribution in [1.82, 2.24) is 0 Å². The minimum absolute atomic E-state index is 0.114. The lowest BCUT2D eigenvalue weighted by molar-refractivity contribution is -0.142. The Balaban J connectivity index is 4.44. The summed E-state index contributed by atoms with van der Waals surface area (Å²) in [6.07, 6.45) is 0.259. The first-order chi connectivity index (χ1) is 8.03. The zero-order valence-corrected chi connectivity index (χ0v) is 9.86. The number of esters is 2. The summed E-state index contributed by atoms with van der Waals surface area (Å²) in [4.78, 5) is 22.0. The van der Waals surface area contributed by atoms with Crippen LogP contribution in [0.2, 0.25) is 0 Å². The molecule has 0 aromatic carbocycles. The van der Waals surface area contributed by atoms with Gasteiger partial charge in [0.1, 0.15) is 0 Å². The molecular weight excluding hydrogens is 224 g/mol. The van der Waals surface area contributed by atoms with Crippen molar-refractivity contribution in [3.63, 3.8) is 0 Å². The highest BCUT2D eigenvalue weighted by molar-refractivity contribution is 5.71. The molecule has 0 aromatic rings. The van der Waals surface area contributed by atoms with Gasteiger partial charge in [0.05, 0.1) is 32.8 Å². The van der Waals surface area contributed by atoms with Gasteiger partial charge in [0, 0.05) is 6.42 Å². The summed E-state index contributed by atoms with van der Waals surface area (Å²) < 4.78 is 8.86. The van der Waals surface area contributed by atoms with Crippen LogP contribution in [0.25, 0.3) is 0 Å². The lowest BCUT2D eigenvalue weighted by Gasteiger charge is -2.16. The minimum atomic E-state index is -1.43. The molecule has 0 unspecified atom stereocenters. The second-order valence-electron chi connectivity index (χ2n) is 3.49. The first kappa shape index (κ1) is 14.9. The lowest BCUT2D eigenvalue weighted by Crippen LogP contribution is -2.22. The fraction of sp³-hybridized carbons (Fsp3) is 0.636. The number of hydrogen-bond donors (Lipinski definition) is 0. The molecule has 0 aromatic heterocycles. The number of nitriles is 2. The van der Waals surface area contributed by atoms with Crippen LogP contribution in [0.4, 0.5) is 0 Å². The molecule has 17 heavy (non-hydrogen) atoms. The molecule has 0 atom stereocenters. The van der Waals surface area contributed by atoms with Gasteiger partial charge in [-0.3, -0.25) is 9.59 Å². The van der Waals surface area contributed by atoms with E-state index in [0.717, 1.165) is 0 Å². The smallest absolute Gasteiger partial charge is 0.308 e. The number of rotatable bonds is 6. The summed E-state index contributed by atoms with van der Waals surface area (Å²) in [6.45, 7) is 0. The van der Waals surface area contributed by atoms with E-state index in [-0.39, 0.29) is 19.3 Å². The average molecular weight is 238 g/mol. The standard InChI is InChI=1S/C11H14N2O4/c1-16-9(14)4-3-5-11(7-12,8-13)6-10(15)17-2/h3-6H2,1-2H3. The molecule has 0 radical (unpaired) electrons. The number of carbonyl (C=O) groups excluding carboxylic acids is 2. The zero-order chi connectivity index (χ0) is 13.3. The molecule has 0 spiro atoms. The van der Waals surface area contributed by atoms with Gasteiger partial charge in [-0.15, -0.1) is 0 Å². The molecule has 0 saturated carbocycles. The third-order valence-electron chi connectivity index (χ3n) is 2.31. The van der Waals surface area contributed by atoms with Crippen LogP contribution in [0.3, 0.4) is 0 Å². The van der Waals surface area contributed by atoms with Crippen molar-refractivity contribution in [2.75, 3.05) is 14.2 Å². The van der Waals surface area contributed by atoms with Gasteiger partial charge in [0.2, 0.25) is 0 Å². The lowest BCUT2D eigenvalue weighted by atomic mass is 9.82. The third-order valence-corrected chi connectivity index (χ3v) is 2.31. The average Bonchev–Trinajstić information content (AvgIpc) is 2.36. The molecule has 0 fully saturated rings. The van der Waals surface area contributed by atoms with E-state index in [2.05, 4.69) is 9.47 Å². The topological polar surface area (TPSA) is 100 Å². The van der Waals surface area contributed by atoms with E-state index < -0.39 is 17.4 Å². The quantitative estimate of drug-likeness (QED) is 0.638. The second kappa shape index (κ2) is 7.24. The van der Waals surface area contributed by atoms with Gasteiger partial charge in [-0.1, -0.05) is 0 Å². The highest BCUT2D eigenvalue weighted by atomic mass is 16.5. The Kier molecular flexibility index (Phi) is 6.35. The molecule has 0 aliphatic heterocycles. The second-order valence-corrected chi connectivity index (χ2v) is 3.49. The summed E-state index contributed by atoms with van der Waals surface area (Å²) in [7, 11) is 2.45. The van der Waals surface area contributed by atoms with Gasteiger partial charge in [-0.25, -0.2) is 0 Å². The normalized spacial score (nSPS) is 9.88. The molecule has 6 nitrogen and oxygen atoms in total. The molecule has 92 valence electrons. The van der Waals surface area contributed by atoms with Gasteiger partial charge < -0.3 is 9.47 Å². The van der Waals surface area contributed by atoms with Crippen molar-refractivity contribution < 1.29 is 19.1 Å². The molecule has 6 heteroatoms. The Morgan fingerprint density at radius 1 is 1.12 bits per heavy atom. The summed E-state index contributed by atoms with van der Waals surface area (Å²) in [5.74, 6) is -1.03. The Morgan fingerprint density at radius 2 is 1.65 bits per heavy atom. The maximum absolute atomic E-state index is 11.1. The summed E-state index contributed by atoms with van der Waals surface area (Å²) in [5, 5.41) is 17.9. The molecule has 0 saturated heterocycles. The highest BCUT2D eigenvalue weighted by Gasteiger charge is 2.33. The van der Waals surface area contributed by atoms with E-state index in [1.54, 1.807) is 0 Å². The Labute approximate surface area is 99.7 Å². The van der Waals surface area contributed by atoms with Crippen LogP contribution in [-0.4, -0.2) is 26.2 Å². The maximum Gasteiger partial charge on any atom is 0.308 e. The van der Waals surface area contributed by atoms with Gasteiger partial charge in [0.15, 0.2) is 5.41 Å². The summed E-state index contributed by atoms with van der Waals surface area (Å²) in [5.41, 5.74) is -1.43. The van der Waals surface area contributed by atoms with Crippen LogP contribution in [0.15, 0.2) is 0 Å². The SMILES string of the molecule is COC(=O)CCCC(C#N)(C#N)CC(=O)OC. The van der Waals surface area contributed by atoms with Crippen molar-refractivity contribution in [3.05, 3.63) is 0 Å². The van der Waals surface area contributed by atoms with Crippen LogP contribution in [0.1, 0.15) is 25.7 Å². The van der Waals surface area contributed by atoms with Crippen LogP contribution >= 0.6 is 0 Å². The molecule has 0 aliphatic rings. The van der Waals surface area contributed by atoms with Gasteiger partial charge in [-0.2, -0.15) is 10.5 Å². The van der Waals surface area contributed by atoms with Crippen molar-refractivity contribution >= 4 is 11.9 Å². The monoisotopic (exact) mass is 238 g/mol. The van der Waals surface area contributed by atoms with Crippen LogP contribution < -0.4 is 0 Å². The van der Waals surface area contributed by atoms with E-state index in [4.69, 9.17) is 10.5 Å². The van der Waals surface area contributed by atoms with E-state index in [1.807, 2.05) is 12.1 Å². The molecular formula is C11H14N2O4. The molecule has 0 aliphatic carbocycles. The van der Waals surface area contributed by atoms with Gasteiger partial charge in [-0.05, 0) is 12.8 Å². The molecule has 0 rings (SSSR count). The largest absolute Gasteiger partial charge is 0.469 e. The predicted molar refractivity (Wildman–Crippen MR) is 56.2 cm³/mol. The molecule has 0 amide bonds. The van der Waals surface area contributed by atoms with E-state index in [9.17, 15) is 9.59 Å². The van der Waals surface area contributed by atoms with E-state index in [0.29, 0.717) is 6.42 Å². The number of hydrogen-bond acceptors (Lipinski definition) is 6. The zero-order valence-electron chi connectivity index (χ0n) is 9.86. The van der Waals surface area contributed by atoms with E-state index in [1.165, 1.54) is 14.2 Å². The number of ether oxygens (including phenoxy) is 2. The Bertz CT molecular complexity index is 351. The van der Waals surface area contributed by atoms with Crippen molar-refractivity contribution in [1.29, 1.82) is 10.5 Å². The first-order valence-electron chi connectivity index (χ1n) is 4.99. The van der Waals surface area contributed by atoms with Crippen molar-refractivity contribution in [2.24, 2.45) is 5.41 Å². The van der Waals surface area contributed by atoms with Crippen molar-refractivity contribution in [3.8, 4) is 12.1 Å². The highest BCUT2D eigenvalue weighted by Crippen LogP contribution is 2.27. The summed E-state index contributed by atoms with van der Waals surface area (Å²) >= 11 is 0. The van der Waals surface area contributed by atoms with E-state index >= 15 is 0 Å². The maximum atomic E-state index is 11.1. The fourth-order valence-electron chi connectivity index (χ4n) is 1.26. The Hall–Kier alpha value is -2.08. The van der Waals surface area contributed by atoms with Crippen LogP contribution in [-0.2, 0) is 19.1 Å². The third kappa shape index (κ3) is 4.98. The van der Waals surface area contributed by atoms with Crippen molar-refractivity contribution in [2.45, 2.75) is 25.7 Å². The number of nitrogens with zero attached hydrogens (tertiary/aromatic N) is 2. The molecule has 0 heterocycles.